The number of benzene rings is 2. The van der Waals surface area contributed by atoms with Crippen molar-refractivity contribution in [2.45, 2.75) is 12.5 Å². The third kappa shape index (κ3) is 4.65. The van der Waals surface area contributed by atoms with Gasteiger partial charge in [-0.2, -0.15) is 0 Å². The monoisotopic (exact) mass is 285 g/mol. The highest BCUT2D eigenvalue weighted by Gasteiger charge is 2.21. The average molecular weight is 285 g/mol. The third-order valence-electron chi connectivity index (χ3n) is 2.83. The molecule has 0 saturated heterocycles. The minimum atomic E-state index is -1.11. The number of carbonyl (C=O) groups is 2. The second-order valence-corrected chi connectivity index (χ2v) is 4.43. The van der Waals surface area contributed by atoms with Gasteiger partial charge in [-0.3, -0.25) is 0 Å². The Kier molecular flexibility index (Phi) is 4.93. The quantitative estimate of drug-likeness (QED) is 0.885. The van der Waals surface area contributed by atoms with E-state index in [9.17, 15) is 14.7 Å². The molecule has 21 heavy (non-hydrogen) atoms. The zero-order chi connectivity index (χ0) is 15.1. The van der Waals surface area contributed by atoms with E-state index in [0.29, 0.717) is 5.75 Å². The second-order valence-electron chi connectivity index (χ2n) is 4.43. The summed E-state index contributed by atoms with van der Waals surface area (Å²) in [6.07, 6.45) is -0.593. The summed E-state index contributed by atoms with van der Waals surface area (Å²) in [4.78, 5) is 22.9. The summed E-state index contributed by atoms with van der Waals surface area (Å²) in [5.74, 6) is -0.747. The van der Waals surface area contributed by atoms with E-state index >= 15 is 0 Å². The molecule has 5 heteroatoms. The molecule has 1 atom stereocenters. The van der Waals surface area contributed by atoms with Crippen molar-refractivity contribution in [3.8, 4) is 5.75 Å². The van der Waals surface area contributed by atoms with Gasteiger partial charge in [-0.05, 0) is 17.7 Å². The maximum Gasteiger partial charge on any atom is 0.413 e. The number of carbonyl (C=O) groups excluding carboxylic acids is 1. The molecule has 2 aromatic carbocycles. The van der Waals surface area contributed by atoms with E-state index in [4.69, 9.17) is 4.74 Å². The van der Waals surface area contributed by atoms with Gasteiger partial charge in [0.05, 0.1) is 0 Å². The molecule has 0 aliphatic heterocycles. The Morgan fingerprint density at radius 1 is 1.00 bits per heavy atom. The lowest BCUT2D eigenvalue weighted by molar-refractivity contribution is -0.139. The molecule has 0 spiro atoms. The van der Waals surface area contributed by atoms with Crippen LogP contribution in [-0.4, -0.2) is 23.2 Å². The van der Waals surface area contributed by atoms with Gasteiger partial charge in [0.25, 0.3) is 0 Å². The molecule has 0 radical (unpaired) electrons. The van der Waals surface area contributed by atoms with E-state index < -0.39 is 18.1 Å². The Morgan fingerprint density at radius 3 is 2.14 bits per heavy atom. The maximum absolute atomic E-state index is 11.7. The van der Waals surface area contributed by atoms with Crippen LogP contribution >= 0.6 is 0 Å². The van der Waals surface area contributed by atoms with E-state index in [1.54, 1.807) is 42.5 Å². The first-order valence-corrected chi connectivity index (χ1v) is 6.45. The zero-order valence-corrected chi connectivity index (χ0v) is 11.2. The van der Waals surface area contributed by atoms with Crippen LogP contribution in [-0.2, 0) is 11.2 Å². The highest BCUT2D eigenvalue weighted by Crippen LogP contribution is 2.09. The summed E-state index contributed by atoms with van der Waals surface area (Å²) in [5.41, 5.74) is 0.824. The molecule has 108 valence electrons. The molecule has 0 bridgehead atoms. The number of hydrogen-bond donors (Lipinski definition) is 2. The fraction of sp³-hybridized carbons (Fsp3) is 0.125. The van der Waals surface area contributed by atoms with Crippen LogP contribution in [0, 0.1) is 0 Å². The molecule has 0 aliphatic carbocycles. The Hall–Kier alpha value is -2.82. The van der Waals surface area contributed by atoms with E-state index in [2.05, 4.69) is 5.32 Å². The molecule has 0 saturated carbocycles. The SMILES string of the molecule is O=C(NC(Cc1ccccc1)C(=O)O)Oc1ccccc1. The summed E-state index contributed by atoms with van der Waals surface area (Å²) < 4.78 is 5.02. The van der Waals surface area contributed by atoms with Gasteiger partial charge in [-0.15, -0.1) is 0 Å². The smallest absolute Gasteiger partial charge is 0.413 e. The molecule has 2 aromatic rings. The number of carboxylic acid groups (broad SMARTS) is 1. The molecule has 0 fully saturated rings. The average Bonchev–Trinajstić information content (AvgIpc) is 2.48. The summed E-state index contributed by atoms with van der Waals surface area (Å²) >= 11 is 0. The molecule has 5 nitrogen and oxygen atoms in total. The van der Waals surface area contributed by atoms with Crippen molar-refractivity contribution >= 4 is 12.1 Å². The molecule has 2 rings (SSSR count). The first-order chi connectivity index (χ1) is 10.1. The van der Waals surface area contributed by atoms with Crippen molar-refractivity contribution in [3.63, 3.8) is 0 Å². The lowest BCUT2D eigenvalue weighted by Gasteiger charge is -2.14. The number of para-hydroxylation sites is 1. The molecule has 0 heterocycles. The van der Waals surface area contributed by atoms with Crippen LogP contribution in [0.25, 0.3) is 0 Å². The van der Waals surface area contributed by atoms with Gasteiger partial charge in [0.1, 0.15) is 11.8 Å². The van der Waals surface area contributed by atoms with Crippen molar-refractivity contribution in [2.24, 2.45) is 0 Å². The fourth-order valence-electron chi connectivity index (χ4n) is 1.82. The topological polar surface area (TPSA) is 75.6 Å². The van der Waals surface area contributed by atoms with E-state index in [-0.39, 0.29) is 6.42 Å². The van der Waals surface area contributed by atoms with Crippen LogP contribution in [0.2, 0.25) is 0 Å². The summed E-state index contributed by atoms with van der Waals surface area (Å²) in [6, 6.07) is 16.5. The minimum absolute atomic E-state index is 0.195. The van der Waals surface area contributed by atoms with Gasteiger partial charge in [0.2, 0.25) is 0 Å². The molecular formula is C16H15NO4. The number of carboxylic acids is 1. The first-order valence-electron chi connectivity index (χ1n) is 6.45. The number of rotatable bonds is 5. The highest BCUT2D eigenvalue weighted by molar-refractivity contribution is 5.81. The third-order valence-corrected chi connectivity index (χ3v) is 2.83. The molecule has 1 amide bonds. The van der Waals surface area contributed by atoms with Crippen molar-refractivity contribution in [1.82, 2.24) is 5.32 Å². The standard InChI is InChI=1S/C16H15NO4/c18-15(19)14(11-12-7-3-1-4-8-12)17-16(20)21-13-9-5-2-6-10-13/h1-10,14H,11H2,(H,17,20)(H,18,19). The van der Waals surface area contributed by atoms with Crippen LogP contribution < -0.4 is 10.1 Å². The van der Waals surface area contributed by atoms with Gasteiger partial charge in [0.15, 0.2) is 0 Å². The Labute approximate surface area is 122 Å². The molecule has 0 aromatic heterocycles. The lowest BCUT2D eigenvalue weighted by Crippen LogP contribution is -2.43. The van der Waals surface area contributed by atoms with Gasteiger partial charge >= 0.3 is 12.1 Å². The largest absolute Gasteiger partial charge is 0.480 e. The van der Waals surface area contributed by atoms with Crippen LogP contribution in [0.15, 0.2) is 60.7 Å². The second kappa shape index (κ2) is 7.09. The predicted molar refractivity (Wildman–Crippen MR) is 77.2 cm³/mol. The zero-order valence-electron chi connectivity index (χ0n) is 11.2. The van der Waals surface area contributed by atoms with E-state index in [1.807, 2.05) is 18.2 Å². The van der Waals surface area contributed by atoms with Crippen molar-refractivity contribution in [2.75, 3.05) is 0 Å². The van der Waals surface area contributed by atoms with Crippen LogP contribution in [0.5, 0.6) is 5.75 Å². The molecule has 0 aliphatic rings. The van der Waals surface area contributed by atoms with E-state index in [1.165, 1.54) is 0 Å². The normalized spacial score (nSPS) is 11.4. The van der Waals surface area contributed by atoms with Crippen LogP contribution in [0.3, 0.4) is 0 Å². The van der Waals surface area contributed by atoms with Gasteiger partial charge in [0, 0.05) is 6.42 Å². The van der Waals surface area contributed by atoms with Crippen molar-refractivity contribution in [3.05, 3.63) is 66.2 Å². The van der Waals surface area contributed by atoms with Crippen LogP contribution in [0.4, 0.5) is 4.79 Å². The number of nitrogens with one attached hydrogen (secondary N) is 1. The lowest BCUT2D eigenvalue weighted by atomic mass is 10.1. The predicted octanol–water partition coefficient (Wildman–Crippen LogP) is 2.47. The number of amides is 1. The molecular weight excluding hydrogens is 270 g/mol. The maximum atomic E-state index is 11.7. The first kappa shape index (κ1) is 14.6. The van der Waals surface area contributed by atoms with Crippen molar-refractivity contribution in [1.29, 1.82) is 0 Å². The number of hydrogen-bond acceptors (Lipinski definition) is 3. The molecule has 1 unspecified atom stereocenters. The van der Waals surface area contributed by atoms with E-state index in [0.717, 1.165) is 5.56 Å². The summed E-state index contributed by atoms with van der Waals surface area (Å²) in [7, 11) is 0. The Morgan fingerprint density at radius 2 is 1.57 bits per heavy atom. The Bertz CT molecular complexity index is 598. The fourth-order valence-corrected chi connectivity index (χ4v) is 1.82. The summed E-state index contributed by atoms with van der Waals surface area (Å²) in [6.45, 7) is 0. The van der Waals surface area contributed by atoms with Gasteiger partial charge < -0.3 is 15.2 Å². The minimum Gasteiger partial charge on any atom is -0.480 e. The van der Waals surface area contributed by atoms with Crippen LogP contribution in [0.1, 0.15) is 5.56 Å². The highest BCUT2D eigenvalue weighted by atomic mass is 16.6. The van der Waals surface area contributed by atoms with Gasteiger partial charge in [-0.1, -0.05) is 48.5 Å². The Balaban J connectivity index is 1.96. The van der Waals surface area contributed by atoms with Crippen molar-refractivity contribution < 1.29 is 19.4 Å². The number of aliphatic carboxylic acids is 1. The molecule has 2 N–H and O–H groups in total. The summed E-state index contributed by atoms with van der Waals surface area (Å²) in [5, 5.41) is 11.5. The van der Waals surface area contributed by atoms with Gasteiger partial charge in [-0.25, -0.2) is 9.59 Å². The number of ether oxygens (including phenoxy) is 1.